The number of aliphatic hydroxyl groups is 1. The fraction of sp³-hybridized carbons (Fsp3) is 0.909. The van der Waals surface area contributed by atoms with Crippen molar-refractivity contribution >= 4 is 5.91 Å². The highest BCUT2D eigenvalue weighted by Crippen LogP contribution is 2.14. The van der Waals surface area contributed by atoms with E-state index in [9.17, 15) is 9.90 Å². The van der Waals surface area contributed by atoms with Crippen LogP contribution in [0.25, 0.3) is 0 Å². The van der Waals surface area contributed by atoms with E-state index in [1.807, 2.05) is 6.08 Å². The molecule has 1 atom stereocenters. The maximum absolute atomic E-state index is 12.0. The summed E-state index contributed by atoms with van der Waals surface area (Å²) in [5, 5.41) is 12.9. The molecule has 0 aliphatic carbocycles. The quantitative estimate of drug-likeness (QED) is 0.0781. The molecule has 0 fully saturated rings. The molecule has 0 spiro atoms. The fourth-order valence-electron chi connectivity index (χ4n) is 4.86. The Morgan fingerprint density at radius 3 is 1.36 bits per heavy atom. The molecule has 36 heavy (non-hydrogen) atoms. The Hall–Kier alpha value is -0.830. The maximum Gasteiger partial charge on any atom is 0.220 e. The lowest BCUT2D eigenvalue weighted by Crippen LogP contribution is -2.30. The van der Waals surface area contributed by atoms with Crippen LogP contribution in [0.5, 0.6) is 0 Å². The minimum absolute atomic E-state index is 0.0795. The summed E-state index contributed by atoms with van der Waals surface area (Å²) < 4.78 is 0. The lowest BCUT2D eigenvalue weighted by atomic mass is 10.0. The number of unbranched alkanes of at least 4 members (excludes halogenated alkanes) is 23. The van der Waals surface area contributed by atoms with Crippen LogP contribution in [0.15, 0.2) is 12.2 Å². The highest BCUT2D eigenvalue weighted by molar-refractivity contribution is 5.75. The summed E-state index contributed by atoms with van der Waals surface area (Å²) in [6.45, 7) is 4.89. The molecule has 214 valence electrons. The van der Waals surface area contributed by atoms with Crippen molar-refractivity contribution in [1.29, 1.82) is 0 Å². The molecule has 0 unspecified atom stereocenters. The smallest absolute Gasteiger partial charge is 0.220 e. The van der Waals surface area contributed by atoms with Crippen LogP contribution in [0, 0.1) is 0 Å². The standard InChI is InChI=1S/C33H65NO2/c1-3-5-7-9-11-13-15-17-19-21-23-25-27-29-32(35)31-34-33(36)30-28-26-24-22-20-18-16-14-12-10-8-6-4-2/h27,29,32,35H,3-26,28,30-31H2,1-2H3,(H,34,36)/b29-27-/t32-/m0/s1. The molecular formula is C33H65NO2. The third-order valence-corrected chi connectivity index (χ3v) is 7.35. The molecule has 0 heterocycles. The van der Waals surface area contributed by atoms with Gasteiger partial charge in [0.05, 0.1) is 6.10 Å². The molecule has 0 aromatic rings. The Morgan fingerprint density at radius 2 is 0.944 bits per heavy atom. The van der Waals surface area contributed by atoms with Gasteiger partial charge in [-0.15, -0.1) is 0 Å². The number of allylic oxidation sites excluding steroid dienone is 1. The van der Waals surface area contributed by atoms with Crippen molar-refractivity contribution in [3.63, 3.8) is 0 Å². The van der Waals surface area contributed by atoms with E-state index in [2.05, 4.69) is 25.2 Å². The zero-order valence-corrected chi connectivity index (χ0v) is 24.7. The van der Waals surface area contributed by atoms with Crippen molar-refractivity contribution in [3.05, 3.63) is 12.2 Å². The van der Waals surface area contributed by atoms with Gasteiger partial charge in [0.25, 0.3) is 0 Å². The maximum atomic E-state index is 12.0. The summed E-state index contributed by atoms with van der Waals surface area (Å²) in [4.78, 5) is 12.0. The van der Waals surface area contributed by atoms with Gasteiger partial charge in [0.1, 0.15) is 0 Å². The summed E-state index contributed by atoms with van der Waals surface area (Å²) in [7, 11) is 0. The SMILES string of the molecule is CCCCCCCCCCCCC/C=C\[C@H](O)CNC(=O)CCCCCCCCCCCCCCC. The number of carbonyl (C=O) groups excluding carboxylic acids is 1. The van der Waals surface area contributed by atoms with E-state index in [4.69, 9.17) is 0 Å². The number of aliphatic hydroxyl groups excluding tert-OH is 1. The van der Waals surface area contributed by atoms with Gasteiger partial charge in [-0.2, -0.15) is 0 Å². The van der Waals surface area contributed by atoms with Gasteiger partial charge in [-0.1, -0.05) is 167 Å². The zero-order valence-electron chi connectivity index (χ0n) is 24.7. The Morgan fingerprint density at radius 1 is 0.583 bits per heavy atom. The second-order valence-electron chi connectivity index (χ2n) is 11.1. The number of rotatable bonds is 29. The first-order valence-electron chi connectivity index (χ1n) is 16.3. The average Bonchev–Trinajstić information content (AvgIpc) is 2.88. The highest BCUT2D eigenvalue weighted by Gasteiger charge is 2.04. The van der Waals surface area contributed by atoms with Crippen LogP contribution in [-0.2, 0) is 4.79 Å². The second kappa shape index (κ2) is 30.4. The summed E-state index contributed by atoms with van der Waals surface area (Å²) in [6.07, 6.45) is 37.1. The lowest BCUT2D eigenvalue weighted by molar-refractivity contribution is -0.121. The van der Waals surface area contributed by atoms with Crippen LogP contribution in [0.3, 0.4) is 0 Å². The molecule has 0 radical (unpaired) electrons. The molecule has 0 aromatic carbocycles. The van der Waals surface area contributed by atoms with E-state index < -0.39 is 6.10 Å². The van der Waals surface area contributed by atoms with E-state index in [0.717, 1.165) is 19.3 Å². The molecule has 0 saturated heterocycles. The number of hydrogen-bond acceptors (Lipinski definition) is 2. The third kappa shape index (κ3) is 29.4. The molecule has 0 aliphatic rings. The molecule has 0 aromatic heterocycles. The number of nitrogens with one attached hydrogen (secondary N) is 1. The van der Waals surface area contributed by atoms with Crippen molar-refractivity contribution < 1.29 is 9.90 Å². The molecule has 2 N–H and O–H groups in total. The van der Waals surface area contributed by atoms with Gasteiger partial charge in [-0.25, -0.2) is 0 Å². The summed E-state index contributed by atoms with van der Waals surface area (Å²) >= 11 is 0. The van der Waals surface area contributed by atoms with Crippen molar-refractivity contribution in [2.24, 2.45) is 0 Å². The third-order valence-electron chi connectivity index (χ3n) is 7.35. The van der Waals surface area contributed by atoms with Crippen molar-refractivity contribution in [1.82, 2.24) is 5.32 Å². The highest BCUT2D eigenvalue weighted by atomic mass is 16.3. The van der Waals surface area contributed by atoms with E-state index in [1.165, 1.54) is 141 Å². The monoisotopic (exact) mass is 508 g/mol. The molecule has 1 amide bonds. The second-order valence-corrected chi connectivity index (χ2v) is 11.1. The zero-order chi connectivity index (χ0) is 26.4. The minimum atomic E-state index is -0.562. The molecular weight excluding hydrogens is 442 g/mol. The van der Waals surface area contributed by atoms with E-state index >= 15 is 0 Å². The first-order chi connectivity index (χ1) is 17.7. The van der Waals surface area contributed by atoms with Gasteiger partial charge in [-0.3, -0.25) is 4.79 Å². The first-order valence-corrected chi connectivity index (χ1v) is 16.3. The van der Waals surface area contributed by atoms with Crippen LogP contribution >= 0.6 is 0 Å². The Bertz CT molecular complexity index is 463. The molecule has 0 bridgehead atoms. The van der Waals surface area contributed by atoms with Crippen LogP contribution in [0.4, 0.5) is 0 Å². The van der Waals surface area contributed by atoms with Crippen LogP contribution in [-0.4, -0.2) is 23.7 Å². The Labute approximate surface area is 226 Å². The van der Waals surface area contributed by atoms with Gasteiger partial charge in [0.15, 0.2) is 0 Å². The van der Waals surface area contributed by atoms with Crippen molar-refractivity contribution in [2.75, 3.05) is 6.54 Å². The lowest BCUT2D eigenvalue weighted by Gasteiger charge is -2.08. The van der Waals surface area contributed by atoms with Crippen LogP contribution in [0.2, 0.25) is 0 Å². The number of hydrogen-bond donors (Lipinski definition) is 2. The van der Waals surface area contributed by atoms with E-state index in [1.54, 1.807) is 0 Å². The first kappa shape index (κ1) is 35.2. The molecule has 0 aliphatic heterocycles. The van der Waals surface area contributed by atoms with Gasteiger partial charge in [0, 0.05) is 13.0 Å². The number of carbonyl (C=O) groups is 1. The van der Waals surface area contributed by atoms with Crippen LogP contribution in [0.1, 0.15) is 181 Å². The summed E-state index contributed by atoms with van der Waals surface area (Å²) in [5.74, 6) is 0.0795. The summed E-state index contributed by atoms with van der Waals surface area (Å²) in [5.41, 5.74) is 0. The number of amides is 1. The predicted octanol–water partition coefficient (Wildman–Crippen LogP) is 10.2. The van der Waals surface area contributed by atoms with Crippen molar-refractivity contribution in [2.45, 2.75) is 187 Å². The van der Waals surface area contributed by atoms with Crippen molar-refractivity contribution in [3.8, 4) is 0 Å². The van der Waals surface area contributed by atoms with E-state index in [0.29, 0.717) is 13.0 Å². The van der Waals surface area contributed by atoms with Gasteiger partial charge in [0.2, 0.25) is 5.91 Å². The van der Waals surface area contributed by atoms with Gasteiger partial charge < -0.3 is 10.4 Å². The minimum Gasteiger partial charge on any atom is -0.387 e. The normalized spacial score (nSPS) is 12.4. The predicted molar refractivity (Wildman–Crippen MR) is 160 cm³/mol. The fourth-order valence-corrected chi connectivity index (χ4v) is 4.86. The van der Waals surface area contributed by atoms with Crippen LogP contribution < -0.4 is 5.32 Å². The molecule has 3 nitrogen and oxygen atoms in total. The Kier molecular flexibility index (Phi) is 29.7. The topological polar surface area (TPSA) is 49.3 Å². The Balaban J connectivity index is 3.35. The molecule has 3 heteroatoms. The molecule has 0 saturated carbocycles. The van der Waals surface area contributed by atoms with Gasteiger partial charge in [-0.05, 0) is 19.3 Å². The van der Waals surface area contributed by atoms with Gasteiger partial charge >= 0.3 is 0 Å². The average molecular weight is 508 g/mol. The largest absolute Gasteiger partial charge is 0.387 e. The molecule has 0 rings (SSSR count). The van der Waals surface area contributed by atoms with E-state index in [-0.39, 0.29) is 5.91 Å². The summed E-state index contributed by atoms with van der Waals surface area (Å²) in [6, 6.07) is 0.